The highest BCUT2D eigenvalue weighted by Gasteiger charge is 2.19. The lowest BCUT2D eigenvalue weighted by atomic mass is 10.3. The largest absolute Gasteiger partial charge is 1.00 e. The first kappa shape index (κ1) is 27.0. The van der Waals surface area contributed by atoms with E-state index in [2.05, 4.69) is 19.4 Å². The van der Waals surface area contributed by atoms with Crippen molar-refractivity contribution in [3.05, 3.63) is 97.1 Å². The van der Waals surface area contributed by atoms with Crippen LogP contribution in [0.3, 0.4) is 0 Å². The first-order valence-electron chi connectivity index (χ1n) is 10.5. The number of hydrogen-bond donors (Lipinski definition) is 2. The van der Waals surface area contributed by atoms with Gasteiger partial charge in [0.25, 0.3) is 0 Å². The standard InChI is InChI=1S/C24H24N6O2.2BrH/c31-25-19-23-27(15-17-29(23)21-9-3-1-4-10-21)13-7-8-14-28-16-18-30(24(28)20-26-32)22-11-5-2-6-12-22;;/h1-6,9-12,15-20H,7-8,13-14H2;2*1H. The van der Waals surface area contributed by atoms with Crippen LogP contribution in [0.5, 0.6) is 0 Å². The summed E-state index contributed by atoms with van der Waals surface area (Å²) in [4.78, 5) is 0. The first-order chi connectivity index (χ1) is 15.8. The fourth-order valence-electron chi connectivity index (χ4n) is 3.81. The van der Waals surface area contributed by atoms with E-state index in [0.717, 1.165) is 49.0 Å². The summed E-state index contributed by atoms with van der Waals surface area (Å²) in [5, 5.41) is 24.8. The van der Waals surface area contributed by atoms with Gasteiger partial charge in [-0.2, -0.15) is 9.13 Å². The van der Waals surface area contributed by atoms with Crippen LogP contribution in [0.15, 0.2) is 95.8 Å². The summed E-state index contributed by atoms with van der Waals surface area (Å²) in [5.41, 5.74) is 2.01. The average molecular weight is 590 g/mol. The number of aryl methyl sites for hydroxylation is 2. The molecule has 4 rings (SSSR count). The van der Waals surface area contributed by atoms with E-state index in [0.29, 0.717) is 0 Å². The van der Waals surface area contributed by atoms with E-state index in [1.807, 2.05) is 94.6 Å². The summed E-state index contributed by atoms with van der Waals surface area (Å²) in [7, 11) is 0. The molecular weight excluding hydrogens is 564 g/mol. The molecule has 0 saturated heterocycles. The molecule has 0 aliphatic rings. The Bertz CT molecular complexity index is 1110. The first-order valence-corrected chi connectivity index (χ1v) is 10.5. The van der Waals surface area contributed by atoms with Crippen LogP contribution in [0.2, 0.25) is 0 Å². The molecule has 2 N–H and O–H groups in total. The fraction of sp³-hybridized carbons (Fsp3) is 0.167. The molecule has 2 heterocycles. The number of para-hydroxylation sites is 2. The van der Waals surface area contributed by atoms with E-state index in [1.165, 1.54) is 12.4 Å². The number of hydrogen-bond acceptors (Lipinski definition) is 4. The van der Waals surface area contributed by atoms with Gasteiger partial charge in [0, 0.05) is 0 Å². The van der Waals surface area contributed by atoms with Gasteiger partial charge in [-0.1, -0.05) is 46.7 Å². The van der Waals surface area contributed by atoms with Gasteiger partial charge in [0.2, 0.25) is 0 Å². The van der Waals surface area contributed by atoms with Gasteiger partial charge in [-0.25, -0.2) is 9.13 Å². The number of imidazole rings is 2. The van der Waals surface area contributed by atoms with Gasteiger partial charge in [-0.05, 0) is 37.1 Å². The molecule has 0 bridgehead atoms. The van der Waals surface area contributed by atoms with Crippen molar-refractivity contribution in [2.45, 2.75) is 25.9 Å². The van der Waals surface area contributed by atoms with Gasteiger partial charge in [0.05, 0.1) is 13.1 Å². The zero-order chi connectivity index (χ0) is 22.2. The molecular formula is C24H26Br2N6O2. The van der Waals surface area contributed by atoms with E-state index in [-0.39, 0.29) is 34.0 Å². The lowest BCUT2D eigenvalue weighted by Gasteiger charge is -2.03. The molecule has 10 heteroatoms. The zero-order valence-electron chi connectivity index (χ0n) is 18.4. The predicted molar refractivity (Wildman–Crippen MR) is 120 cm³/mol. The minimum atomic E-state index is 0. The number of nitrogens with zero attached hydrogens (tertiary/aromatic N) is 6. The molecule has 0 atom stereocenters. The van der Waals surface area contributed by atoms with Gasteiger partial charge in [0.15, 0.2) is 12.4 Å². The summed E-state index contributed by atoms with van der Waals surface area (Å²) in [6, 6.07) is 19.9. The molecule has 34 heavy (non-hydrogen) atoms. The van der Waals surface area contributed by atoms with Crippen molar-refractivity contribution in [2.75, 3.05) is 0 Å². The quantitative estimate of drug-likeness (QED) is 0.0715. The molecule has 2 aromatic carbocycles. The summed E-state index contributed by atoms with van der Waals surface area (Å²) in [6.07, 6.45) is 12.7. The molecule has 178 valence electrons. The van der Waals surface area contributed by atoms with Crippen LogP contribution >= 0.6 is 0 Å². The maximum Gasteiger partial charge on any atom is 0.308 e. The normalized spacial score (nSPS) is 10.9. The molecule has 0 aliphatic carbocycles. The highest BCUT2D eigenvalue weighted by atomic mass is 79.9. The molecule has 0 fully saturated rings. The van der Waals surface area contributed by atoms with Gasteiger partial charge < -0.3 is 44.4 Å². The topological polar surface area (TPSA) is 82.8 Å². The lowest BCUT2D eigenvalue weighted by molar-refractivity contribution is -0.708. The third-order valence-corrected chi connectivity index (χ3v) is 5.34. The SMILES string of the molecule is O/N=C\c1n(-c2ccccc2)cc[n+]1CCCC[n+]1ccn(-c2ccccc2)c1/C=N/O.[Br-].[Br-]. The molecule has 0 amide bonds. The van der Waals surface area contributed by atoms with Crippen molar-refractivity contribution in [3.63, 3.8) is 0 Å². The van der Waals surface area contributed by atoms with Crippen molar-refractivity contribution in [2.24, 2.45) is 10.3 Å². The van der Waals surface area contributed by atoms with Crippen molar-refractivity contribution in [1.29, 1.82) is 0 Å². The Hall–Kier alpha value is -3.24. The average Bonchev–Trinajstić information content (AvgIpc) is 3.42. The molecule has 2 aromatic heterocycles. The number of benzene rings is 2. The van der Waals surface area contributed by atoms with Crippen molar-refractivity contribution >= 4 is 12.4 Å². The van der Waals surface area contributed by atoms with Crippen LogP contribution in [0.1, 0.15) is 24.5 Å². The Balaban J connectivity index is 0.00000204. The number of unbranched alkanes of at least 4 members (excludes halogenated alkanes) is 1. The van der Waals surface area contributed by atoms with Crippen molar-refractivity contribution < 1.29 is 53.5 Å². The van der Waals surface area contributed by atoms with Gasteiger partial charge in [-0.15, -0.1) is 0 Å². The lowest BCUT2D eigenvalue weighted by Crippen LogP contribution is -3.00. The Kier molecular flexibility index (Phi) is 10.7. The van der Waals surface area contributed by atoms with Gasteiger partial charge >= 0.3 is 11.6 Å². The predicted octanol–water partition coefficient (Wildman–Crippen LogP) is -3.05. The number of aromatic nitrogens is 4. The second-order valence-electron chi connectivity index (χ2n) is 7.31. The fourth-order valence-corrected chi connectivity index (χ4v) is 3.81. The molecule has 0 saturated carbocycles. The molecule has 0 spiro atoms. The molecule has 0 unspecified atom stereocenters. The third kappa shape index (κ3) is 6.21. The van der Waals surface area contributed by atoms with Gasteiger partial charge in [-0.3, -0.25) is 0 Å². The summed E-state index contributed by atoms with van der Waals surface area (Å²) >= 11 is 0. The number of oxime groups is 2. The smallest absolute Gasteiger partial charge is 0.308 e. The second kappa shape index (κ2) is 13.5. The maximum atomic E-state index is 9.14. The summed E-state index contributed by atoms with van der Waals surface area (Å²) < 4.78 is 8.12. The van der Waals surface area contributed by atoms with E-state index in [9.17, 15) is 0 Å². The molecule has 4 aromatic rings. The van der Waals surface area contributed by atoms with Crippen LogP contribution in [0.4, 0.5) is 0 Å². The van der Waals surface area contributed by atoms with Gasteiger partial charge in [0.1, 0.15) is 36.2 Å². The maximum absolute atomic E-state index is 9.14. The van der Waals surface area contributed by atoms with Crippen molar-refractivity contribution in [1.82, 2.24) is 9.13 Å². The van der Waals surface area contributed by atoms with E-state index in [4.69, 9.17) is 10.4 Å². The van der Waals surface area contributed by atoms with E-state index >= 15 is 0 Å². The Morgan fingerprint density at radius 1 is 0.647 bits per heavy atom. The van der Waals surface area contributed by atoms with Crippen molar-refractivity contribution in [3.8, 4) is 11.4 Å². The van der Waals surface area contributed by atoms with Crippen LogP contribution in [0, 0.1) is 0 Å². The third-order valence-electron chi connectivity index (χ3n) is 5.34. The minimum Gasteiger partial charge on any atom is -1.00 e. The summed E-state index contributed by atoms with van der Waals surface area (Å²) in [5.74, 6) is 1.60. The summed E-state index contributed by atoms with van der Waals surface area (Å²) in [6.45, 7) is 1.56. The zero-order valence-corrected chi connectivity index (χ0v) is 21.6. The van der Waals surface area contributed by atoms with Crippen LogP contribution in [-0.2, 0) is 13.1 Å². The Morgan fingerprint density at radius 3 is 1.38 bits per heavy atom. The van der Waals surface area contributed by atoms with E-state index in [1.54, 1.807) is 0 Å². The van der Waals surface area contributed by atoms with Crippen LogP contribution in [-0.4, -0.2) is 32.0 Å². The Morgan fingerprint density at radius 2 is 1.03 bits per heavy atom. The molecule has 8 nitrogen and oxygen atoms in total. The number of halogens is 2. The highest BCUT2D eigenvalue weighted by Crippen LogP contribution is 2.10. The Labute approximate surface area is 219 Å². The highest BCUT2D eigenvalue weighted by molar-refractivity contribution is 5.74. The van der Waals surface area contributed by atoms with E-state index < -0.39 is 0 Å². The second-order valence-corrected chi connectivity index (χ2v) is 7.31. The van der Waals surface area contributed by atoms with Crippen LogP contribution < -0.4 is 43.1 Å². The van der Waals surface area contributed by atoms with Crippen LogP contribution in [0.25, 0.3) is 11.4 Å². The molecule has 0 aliphatic heterocycles. The number of rotatable bonds is 9. The molecule has 0 radical (unpaired) electrons. The minimum absolute atomic E-state index is 0. The monoisotopic (exact) mass is 588 g/mol.